The largest absolute Gasteiger partial charge is 0.331 e. The minimum atomic E-state index is -0.444. The predicted molar refractivity (Wildman–Crippen MR) is 131 cm³/mol. The van der Waals surface area contributed by atoms with Gasteiger partial charge in [0, 0.05) is 41.9 Å². The van der Waals surface area contributed by atoms with Crippen molar-refractivity contribution in [2.75, 3.05) is 11.9 Å². The van der Waals surface area contributed by atoms with E-state index < -0.39 is 5.92 Å². The number of aryl methyl sites for hydroxylation is 1. The van der Waals surface area contributed by atoms with Gasteiger partial charge in [-0.2, -0.15) is 5.10 Å². The van der Waals surface area contributed by atoms with E-state index in [1.165, 1.54) is 10.4 Å². The van der Waals surface area contributed by atoms with Crippen molar-refractivity contribution in [3.63, 3.8) is 0 Å². The fourth-order valence-corrected chi connectivity index (χ4v) is 5.44. The third kappa shape index (κ3) is 4.16. The lowest BCUT2D eigenvalue weighted by Crippen LogP contribution is -2.41. The molecule has 1 N–H and O–H groups in total. The molecule has 0 fully saturated rings. The van der Waals surface area contributed by atoms with Crippen LogP contribution in [0.2, 0.25) is 0 Å². The number of anilines is 1. The Morgan fingerprint density at radius 2 is 2.00 bits per heavy atom. The first-order chi connectivity index (χ1) is 16.0. The smallest absolute Gasteiger partial charge is 0.227 e. The van der Waals surface area contributed by atoms with Crippen LogP contribution in [0.25, 0.3) is 10.9 Å². The van der Waals surface area contributed by atoms with Crippen molar-refractivity contribution in [1.82, 2.24) is 14.7 Å². The van der Waals surface area contributed by atoms with Crippen molar-refractivity contribution in [3.8, 4) is 0 Å². The van der Waals surface area contributed by atoms with Crippen LogP contribution in [0.1, 0.15) is 35.4 Å². The third-order valence-corrected chi connectivity index (χ3v) is 7.34. The van der Waals surface area contributed by atoms with Gasteiger partial charge in [-0.05, 0) is 47.2 Å². The van der Waals surface area contributed by atoms with E-state index >= 15 is 0 Å². The number of nitrogens with zero attached hydrogens (tertiary/aromatic N) is 3. The van der Waals surface area contributed by atoms with Crippen molar-refractivity contribution < 1.29 is 9.59 Å². The summed E-state index contributed by atoms with van der Waals surface area (Å²) in [5.41, 5.74) is 3.96. The lowest BCUT2D eigenvalue weighted by molar-refractivity contribution is -0.136. The highest BCUT2D eigenvalue weighted by molar-refractivity contribution is 7.10. The molecule has 2 aromatic heterocycles. The minimum absolute atomic E-state index is 0.00504. The summed E-state index contributed by atoms with van der Waals surface area (Å²) in [6.45, 7) is 2.48. The van der Waals surface area contributed by atoms with Gasteiger partial charge in [0.25, 0.3) is 0 Å². The number of fused-ring (bicyclic) bond motifs is 2. The molecule has 7 heteroatoms. The maximum atomic E-state index is 13.4. The van der Waals surface area contributed by atoms with E-state index in [-0.39, 0.29) is 24.3 Å². The number of amides is 2. The van der Waals surface area contributed by atoms with Gasteiger partial charge in [-0.1, -0.05) is 37.3 Å². The van der Waals surface area contributed by atoms with Crippen LogP contribution >= 0.6 is 11.3 Å². The molecule has 2 atom stereocenters. The molecule has 4 aromatic rings. The molecule has 0 radical (unpaired) electrons. The van der Waals surface area contributed by atoms with E-state index in [0.717, 1.165) is 22.9 Å². The average molecular weight is 459 g/mol. The molecule has 2 aromatic carbocycles. The molecule has 3 heterocycles. The Bertz CT molecular complexity index is 1310. The van der Waals surface area contributed by atoms with Crippen LogP contribution in [0, 0.1) is 5.92 Å². The molecule has 168 valence electrons. The summed E-state index contributed by atoms with van der Waals surface area (Å²) in [5, 5.41) is 10.3. The zero-order chi connectivity index (χ0) is 22.9. The SMILES string of the molecule is CC(CC(=O)N1CCc2sccc2C1c1ccccc1)C(=O)Nc1ccc2cnn(C)c2c1. The van der Waals surface area contributed by atoms with Gasteiger partial charge in [-0.3, -0.25) is 14.3 Å². The zero-order valence-electron chi connectivity index (χ0n) is 18.7. The second-order valence-electron chi connectivity index (χ2n) is 8.59. The molecule has 0 bridgehead atoms. The number of carbonyl (C=O) groups is 2. The first kappa shape index (κ1) is 21.4. The highest BCUT2D eigenvalue weighted by Crippen LogP contribution is 2.38. The third-order valence-electron chi connectivity index (χ3n) is 6.35. The number of carbonyl (C=O) groups excluding carboxylic acids is 2. The monoisotopic (exact) mass is 458 g/mol. The number of benzene rings is 2. The van der Waals surface area contributed by atoms with E-state index in [4.69, 9.17) is 0 Å². The molecule has 33 heavy (non-hydrogen) atoms. The van der Waals surface area contributed by atoms with Gasteiger partial charge in [0.15, 0.2) is 0 Å². The zero-order valence-corrected chi connectivity index (χ0v) is 19.5. The van der Waals surface area contributed by atoms with Crippen LogP contribution in [-0.4, -0.2) is 33.0 Å². The lowest BCUT2D eigenvalue weighted by atomic mass is 9.92. The van der Waals surface area contributed by atoms with Gasteiger partial charge in [0.2, 0.25) is 11.8 Å². The summed E-state index contributed by atoms with van der Waals surface area (Å²) in [6.07, 6.45) is 2.82. The van der Waals surface area contributed by atoms with E-state index in [2.05, 4.69) is 34.0 Å². The van der Waals surface area contributed by atoms with Crippen LogP contribution in [0.15, 0.2) is 66.2 Å². The molecule has 6 nitrogen and oxygen atoms in total. The number of nitrogens with one attached hydrogen (secondary N) is 1. The van der Waals surface area contributed by atoms with E-state index in [1.807, 2.05) is 55.3 Å². The second kappa shape index (κ2) is 8.83. The summed E-state index contributed by atoms with van der Waals surface area (Å²) in [5.74, 6) is -0.597. The second-order valence-corrected chi connectivity index (χ2v) is 9.59. The molecule has 2 amide bonds. The van der Waals surface area contributed by atoms with Crippen LogP contribution < -0.4 is 5.32 Å². The molecule has 1 aliphatic rings. The number of thiophene rings is 1. The molecule has 0 saturated carbocycles. The molecule has 0 saturated heterocycles. The fraction of sp³-hybridized carbons (Fsp3) is 0.269. The summed E-state index contributed by atoms with van der Waals surface area (Å²) in [7, 11) is 1.87. The topological polar surface area (TPSA) is 67.2 Å². The lowest BCUT2D eigenvalue weighted by Gasteiger charge is -2.37. The van der Waals surface area contributed by atoms with Gasteiger partial charge in [0.05, 0.1) is 17.8 Å². The first-order valence-electron chi connectivity index (χ1n) is 11.1. The van der Waals surface area contributed by atoms with Crippen LogP contribution in [0.3, 0.4) is 0 Å². The van der Waals surface area contributed by atoms with Crippen LogP contribution in [-0.2, 0) is 23.1 Å². The first-order valence-corrected chi connectivity index (χ1v) is 12.0. The summed E-state index contributed by atoms with van der Waals surface area (Å²) in [6, 6.07) is 17.9. The summed E-state index contributed by atoms with van der Waals surface area (Å²) < 4.78 is 1.77. The van der Waals surface area contributed by atoms with Crippen LogP contribution in [0.4, 0.5) is 5.69 Å². The van der Waals surface area contributed by atoms with Gasteiger partial charge < -0.3 is 10.2 Å². The van der Waals surface area contributed by atoms with Gasteiger partial charge in [-0.15, -0.1) is 11.3 Å². The highest BCUT2D eigenvalue weighted by atomic mass is 32.1. The van der Waals surface area contributed by atoms with Crippen molar-refractivity contribution in [2.24, 2.45) is 13.0 Å². The number of aromatic nitrogens is 2. The Hall–Kier alpha value is -3.45. The van der Waals surface area contributed by atoms with Gasteiger partial charge in [-0.25, -0.2) is 0 Å². The standard InChI is InChI=1S/C26H26N4O2S/c1-17(26(32)28-20-9-8-19-16-27-29(2)22(19)15-20)14-24(31)30-12-10-23-21(11-13-33-23)25(30)18-6-4-3-5-7-18/h3-9,11,13,15-17,25H,10,12,14H2,1-2H3,(H,28,32). The molecule has 0 spiro atoms. The van der Waals surface area contributed by atoms with Gasteiger partial charge >= 0.3 is 0 Å². The molecular weight excluding hydrogens is 432 g/mol. The number of rotatable bonds is 5. The summed E-state index contributed by atoms with van der Waals surface area (Å²) in [4.78, 5) is 29.6. The Labute approximate surface area is 196 Å². The maximum absolute atomic E-state index is 13.4. The Kier molecular flexibility index (Phi) is 5.72. The highest BCUT2D eigenvalue weighted by Gasteiger charge is 2.33. The molecule has 0 aliphatic carbocycles. The molecular formula is C26H26N4O2S. The molecule has 5 rings (SSSR count). The van der Waals surface area contributed by atoms with E-state index in [9.17, 15) is 9.59 Å². The summed E-state index contributed by atoms with van der Waals surface area (Å²) >= 11 is 1.75. The minimum Gasteiger partial charge on any atom is -0.331 e. The maximum Gasteiger partial charge on any atom is 0.227 e. The van der Waals surface area contributed by atoms with Crippen molar-refractivity contribution in [1.29, 1.82) is 0 Å². The Morgan fingerprint density at radius 3 is 2.82 bits per heavy atom. The van der Waals surface area contributed by atoms with Crippen molar-refractivity contribution in [2.45, 2.75) is 25.8 Å². The molecule has 1 aliphatic heterocycles. The van der Waals surface area contributed by atoms with E-state index in [1.54, 1.807) is 22.2 Å². The van der Waals surface area contributed by atoms with Crippen molar-refractivity contribution in [3.05, 3.63) is 82.2 Å². The predicted octanol–water partition coefficient (Wildman–Crippen LogP) is 4.77. The van der Waals surface area contributed by atoms with Crippen molar-refractivity contribution >= 4 is 39.7 Å². The quantitative estimate of drug-likeness (QED) is 0.468. The van der Waals surface area contributed by atoms with E-state index in [0.29, 0.717) is 12.2 Å². The van der Waals surface area contributed by atoms with Gasteiger partial charge in [0.1, 0.15) is 0 Å². The normalized spacial score (nSPS) is 16.4. The molecule has 2 unspecified atom stereocenters. The van der Waals surface area contributed by atoms with Crippen LogP contribution in [0.5, 0.6) is 0 Å². The number of hydrogen-bond donors (Lipinski definition) is 1. The Balaban J connectivity index is 1.31. The average Bonchev–Trinajstić information content (AvgIpc) is 3.45. The fourth-order valence-electron chi connectivity index (χ4n) is 4.54. The number of hydrogen-bond acceptors (Lipinski definition) is 4. The Morgan fingerprint density at radius 1 is 1.18 bits per heavy atom.